The zero-order valence-corrected chi connectivity index (χ0v) is 32.5. The van der Waals surface area contributed by atoms with Gasteiger partial charge in [-0.3, -0.25) is 24.5 Å². The second-order valence-electron chi connectivity index (χ2n) is 14.7. The number of nitrogens with two attached hydrogens (primary N) is 1. The molecule has 5 heterocycles. The number of anilines is 2. The molecule has 0 bridgehead atoms. The van der Waals surface area contributed by atoms with Crippen molar-refractivity contribution in [1.82, 2.24) is 39.0 Å². The van der Waals surface area contributed by atoms with Crippen LogP contribution in [0, 0.1) is 16.0 Å². The van der Waals surface area contributed by atoms with Gasteiger partial charge in [0.1, 0.15) is 17.5 Å². The van der Waals surface area contributed by atoms with E-state index in [-0.39, 0.29) is 70.1 Å². The standard InChI is InChI=1S/C36H39ClF3N11O7/c1-35(2,3)58-34(55)49-9-7-20(8-10-49)32(53)47-11-13-48(14-12-47)33(54)22-6-5-21(15-24(22)37)44-31(52)30-43-17-26(46(30)4)23-19-50(45-29(23)36(38,39)40)28-16-25(41)27(18-42-28)51(56)57/h5-6,15-20H,7-14H2,1-4H3,(H2,41,42)(H,44,52). The fourth-order valence-corrected chi connectivity index (χ4v) is 6.90. The molecule has 4 amide bonds. The van der Waals surface area contributed by atoms with Crippen LogP contribution < -0.4 is 11.1 Å². The van der Waals surface area contributed by atoms with E-state index in [1.54, 1.807) is 35.5 Å². The number of hydrogen-bond donors (Lipinski definition) is 2. The third kappa shape index (κ3) is 8.82. The van der Waals surface area contributed by atoms with E-state index in [0.29, 0.717) is 39.0 Å². The van der Waals surface area contributed by atoms with Crippen LogP contribution in [0.25, 0.3) is 17.1 Å². The molecule has 22 heteroatoms. The summed E-state index contributed by atoms with van der Waals surface area (Å²) in [6.07, 6.45) is -1.48. The van der Waals surface area contributed by atoms with Crippen molar-refractivity contribution in [2.75, 3.05) is 50.3 Å². The van der Waals surface area contributed by atoms with E-state index in [0.717, 1.165) is 33.9 Å². The average molecular weight is 830 g/mol. The third-order valence-electron chi connectivity index (χ3n) is 9.61. The van der Waals surface area contributed by atoms with Crippen molar-refractivity contribution in [2.45, 2.75) is 45.4 Å². The highest BCUT2D eigenvalue weighted by Gasteiger charge is 2.39. The molecule has 308 valence electrons. The summed E-state index contributed by atoms with van der Waals surface area (Å²) in [5, 5.41) is 17.3. The van der Waals surface area contributed by atoms with Gasteiger partial charge in [0.25, 0.3) is 11.8 Å². The summed E-state index contributed by atoms with van der Waals surface area (Å²) in [7, 11) is 1.33. The second-order valence-corrected chi connectivity index (χ2v) is 15.1. The molecule has 2 aliphatic heterocycles. The minimum atomic E-state index is -4.95. The number of nitrogen functional groups attached to an aromatic ring is 1. The highest BCUT2D eigenvalue weighted by Crippen LogP contribution is 2.37. The van der Waals surface area contributed by atoms with Crippen molar-refractivity contribution in [3.8, 4) is 17.1 Å². The van der Waals surface area contributed by atoms with E-state index in [4.69, 9.17) is 22.1 Å². The number of nitro groups is 1. The van der Waals surface area contributed by atoms with Gasteiger partial charge >= 0.3 is 18.0 Å². The highest BCUT2D eigenvalue weighted by atomic mass is 35.5. The molecule has 2 saturated heterocycles. The zero-order valence-electron chi connectivity index (χ0n) is 31.7. The Labute approximate surface area is 333 Å². The van der Waals surface area contributed by atoms with Crippen molar-refractivity contribution in [2.24, 2.45) is 13.0 Å². The van der Waals surface area contributed by atoms with E-state index in [2.05, 4.69) is 20.4 Å². The number of nitrogens with zero attached hydrogens (tertiary/aromatic N) is 9. The lowest BCUT2D eigenvalue weighted by Gasteiger charge is -2.38. The summed E-state index contributed by atoms with van der Waals surface area (Å²) in [6, 6.07) is 5.24. The number of imidazole rings is 1. The predicted octanol–water partition coefficient (Wildman–Crippen LogP) is 5.01. The first kappa shape index (κ1) is 41.4. The second kappa shape index (κ2) is 15.9. The monoisotopic (exact) mass is 829 g/mol. The summed E-state index contributed by atoms with van der Waals surface area (Å²) < 4.78 is 49.7. The van der Waals surface area contributed by atoms with E-state index >= 15 is 0 Å². The quantitative estimate of drug-likeness (QED) is 0.186. The van der Waals surface area contributed by atoms with Crippen LogP contribution in [0.1, 0.15) is 60.3 Å². The van der Waals surface area contributed by atoms with Gasteiger partial charge in [-0.05, 0) is 51.8 Å². The summed E-state index contributed by atoms with van der Waals surface area (Å²) >= 11 is 6.50. The number of likely N-dealkylation sites (tertiary alicyclic amines) is 1. The largest absolute Gasteiger partial charge is 0.444 e. The van der Waals surface area contributed by atoms with E-state index in [9.17, 15) is 42.5 Å². The van der Waals surface area contributed by atoms with Crippen LogP contribution in [0.15, 0.2) is 42.9 Å². The van der Waals surface area contributed by atoms with Crippen LogP contribution in [0.4, 0.5) is 35.0 Å². The lowest BCUT2D eigenvalue weighted by molar-refractivity contribution is -0.384. The number of alkyl halides is 3. The van der Waals surface area contributed by atoms with Gasteiger partial charge in [-0.25, -0.2) is 19.4 Å². The zero-order chi connectivity index (χ0) is 42.3. The lowest BCUT2D eigenvalue weighted by Crippen LogP contribution is -2.53. The molecule has 0 aliphatic carbocycles. The number of benzene rings is 1. The number of halogens is 4. The van der Waals surface area contributed by atoms with Crippen molar-refractivity contribution >= 4 is 52.5 Å². The van der Waals surface area contributed by atoms with Crippen molar-refractivity contribution in [3.05, 3.63) is 75.1 Å². The summed E-state index contributed by atoms with van der Waals surface area (Å²) in [6.45, 7) is 7.40. The predicted molar refractivity (Wildman–Crippen MR) is 202 cm³/mol. The maximum Gasteiger partial charge on any atom is 0.435 e. The molecule has 2 fully saturated rings. The number of piperidine rings is 1. The van der Waals surface area contributed by atoms with Gasteiger partial charge in [-0.2, -0.15) is 18.3 Å². The Hall–Kier alpha value is -6.25. The third-order valence-corrected chi connectivity index (χ3v) is 9.93. The van der Waals surface area contributed by atoms with E-state index in [1.807, 2.05) is 0 Å². The first-order chi connectivity index (χ1) is 27.2. The maximum atomic E-state index is 14.1. The Morgan fingerprint density at radius 3 is 2.21 bits per heavy atom. The SMILES string of the molecule is Cn1c(-c2cn(-c3cc(N)c([N+](=O)[O-])cn3)nc2C(F)(F)F)cnc1C(=O)Nc1ccc(C(=O)N2CCN(C(=O)C3CCN(C(=O)OC(C)(C)C)CC3)CC2)c(Cl)c1. The molecule has 3 N–H and O–H groups in total. The maximum absolute atomic E-state index is 14.1. The first-order valence-electron chi connectivity index (χ1n) is 18.0. The number of aromatic nitrogens is 5. The molecule has 1 aromatic carbocycles. The summed E-state index contributed by atoms with van der Waals surface area (Å²) in [5.74, 6) is -1.92. The topological polar surface area (TPSA) is 217 Å². The van der Waals surface area contributed by atoms with Gasteiger partial charge in [0, 0.05) is 70.2 Å². The van der Waals surface area contributed by atoms with Crippen LogP contribution >= 0.6 is 11.6 Å². The molecule has 58 heavy (non-hydrogen) atoms. The highest BCUT2D eigenvalue weighted by molar-refractivity contribution is 6.34. The minimum Gasteiger partial charge on any atom is -0.444 e. The molecule has 0 spiro atoms. The number of carbonyl (C=O) groups excluding carboxylic acids is 4. The number of amides is 4. The van der Waals surface area contributed by atoms with Gasteiger partial charge in [0.05, 0.1) is 33.0 Å². The number of carbonyl (C=O) groups is 4. The summed E-state index contributed by atoms with van der Waals surface area (Å²) in [4.78, 5) is 75.5. The van der Waals surface area contributed by atoms with Gasteiger partial charge in [-0.15, -0.1) is 0 Å². The summed E-state index contributed by atoms with van der Waals surface area (Å²) in [5.41, 5.74) is 2.62. The Balaban J connectivity index is 1.07. The lowest BCUT2D eigenvalue weighted by atomic mass is 9.95. The molecular formula is C36H39ClF3N11O7. The van der Waals surface area contributed by atoms with E-state index in [1.165, 1.54) is 25.2 Å². The Morgan fingerprint density at radius 2 is 1.62 bits per heavy atom. The van der Waals surface area contributed by atoms with Crippen LogP contribution in [0.5, 0.6) is 0 Å². The van der Waals surface area contributed by atoms with Crippen molar-refractivity contribution in [3.63, 3.8) is 0 Å². The molecule has 0 atom stereocenters. The van der Waals surface area contributed by atoms with Gasteiger partial charge in [0.15, 0.2) is 17.3 Å². The minimum absolute atomic E-state index is 0.0186. The van der Waals surface area contributed by atoms with Crippen LogP contribution in [-0.4, -0.2) is 113 Å². The van der Waals surface area contributed by atoms with Crippen LogP contribution in [-0.2, 0) is 22.8 Å². The Morgan fingerprint density at radius 1 is 0.966 bits per heavy atom. The number of hydrogen-bond acceptors (Lipinski definition) is 11. The Bertz CT molecular complexity index is 2270. The van der Waals surface area contributed by atoms with Crippen molar-refractivity contribution in [1.29, 1.82) is 0 Å². The van der Waals surface area contributed by atoms with Gasteiger partial charge in [0.2, 0.25) is 5.91 Å². The number of rotatable bonds is 7. The van der Waals surface area contributed by atoms with Crippen LogP contribution in [0.3, 0.4) is 0 Å². The first-order valence-corrected chi connectivity index (χ1v) is 18.4. The normalized spacial score (nSPS) is 15.3. The smallest absolute Gasteiger partial charge is 0.435 e. The van der Waals surface area contributed by atoms with Gasteiger partial charge in [-0.1, -0.05) is 11.6 Å². The Kier molecular flexibility index (Phi) is 11.4. The fraction of sp³-hybridized carbons (Fsp3) is 0.417. The van der Waals surface area contributed by atoms with Crippen LogP contribution in [0.2, 0.25) is 5.02 Å². The fourth-order valence-electron chi connectivity index (χ4n) is 6.64. The number of ether oxygens (including phenoxy) is 1. The van der Waals surface area contributed by atoms with E-state index < -0.39 is 45.6 Å². The van der Waals surface area contributed by atoms with Gasteiger partial charge < -0.3 is 35.1 Å². The molecule has 2 aliphatic rings. The molecule has 18 nitrogen and oxygen atoms in total. The molecule has 3 aromatic heterocycles. The van der Waals surface area contributed by atoms with Crippen molar-refractivity contribution < 1.29 is 42.0 Å². The average Bonchev–Trinajstić information content (AvgIpc) is 3.78. The molecule has 4 aromatic rings. The molecular weight excluding hydrogens is 791 g/mol. The molecule has 0 saturated carbocycles. The molecule has 0 radical (unpaired) electrons. The number of piperazine rings is 1. The molecule has 0 unspecified atom stereocenters. The molecule has 6 rings (SSSR count). The number of nitrogens with one attached hydrogen (secondary N) is 1. The number of pyridine rings is 1.